The van der Waals surface area contributed by atoms with Gasteiger partial charge in [-0.2, -0.15) is 0 Å². The lowest BCUT2D eigenvalue weighted by molar-refractivity contribution is -0.0453. The van der Waals surface area contributed by atoms with Crippen LogP contribution in [0.1, 0.15) is 23.0 Å². The van der Waals surface area contributed by atoms with Crippen molar-refractivity contribution in [3.05, 3.63) is 35.4 Å². The van der Waals surface area contributed by atoms with Crippen LogP contribution in [0.2, 0.25) is 0 Å². The Balaban J connectivity index is 1.76. The number of rotatable bonds is 1. The maximum atomic E-state index is 10.7. The van der Waals surface area contributed by atoms with Gasteiger partial charge in [0.15, 0.2) is 11.5 Å². The van der Waals surface area contributed by atoms with Gasteiger partial charge in [-0.3, -0.25) is 0 Å². The predicted octanol–water partition coefficient (Wildman–Crippen LogP) is 1.50. The van der Waals surface area contributed by atoms with Crippen molar-refractivity contribution in [2.45, 2.75) is 36.5 Å². The minimum absolute atomic E-state index is 0.119. The second kappa shape index (κ2) is 4.06. The van der Waals surface area contributed by atoms with Gasteiger partial charge in [-0.05, 0) is 38.1 Å². The van der Waals surface area contributed by atoms with Gasteiger partial charge in [0.1, 0.15) is 12.2 Å². The fourth-order valence-electron chi connectivity index (χ4n) is 5.17. The SMILES string of the molecule is [2H]C([2H])([2H])Oc1ccc2c3c1OC1C([2H])(O)C=C[C@H]4[C@@H](C2)N(C)CC[C@]314. The lowest BCUT2D eigenvalue weighted by Crippen LogP contribution is -2.64. The molecule has 0 aromatic heterocycles. The highest BCUT2D eigenvalue weighted by atomic mass is 16.5. The van der Waals surface area contributed by atoms with Crippen molar-refractivity contribution < 1.29 is 20.1 Å². The summed E-state index contributed by atoms with van der Waals surface area (Å²) < 4.78 is 42.0. The number of piperidine rings is 1. The summed E-state index contributed by atoms with van der Waals surface area (Å²) in [6, 6.07) is 3.83. The standard InChI is InChI=1S/C18H21NO3/c1-19-8-7-18-11-4-5-13(20)17(18)22-16-14(21-2)6-3-10(15(16)18)9-12(11)19/h3-6,11-13,17,20H,7-9H2,1-2H3/t11-,12+,13?,17?,18-/m0/s1/i2D3,13D. The largest absolute Gasteiger partial charge is 0.493 e. The summed E-state index contributed by atoms with van der Waals surface area (Å²) in [5, 5.41) is 10.7. The maximum Gasteiger partial charge on any atom is 0.165 e. The summed E-state index contributed by atoms with van der Waals surface area (Å²) in [6.45, 7) is 0.841. The topological polar surface area (TPSA) is 41.9 Å². The van der Waals surface area contributed by atoms with Crippen LogP contribution in [0.25, 0.3) is 0 Å². The van der Waals surface area contributed by atoms with E-state index in [0.717, 1.165) is 30.5 Å². The first kappa shape index (κ1) is 9.58. The van der Waals surface area contributed by atoms with Crippen LogP contribution in [0, 0.1) is 5.92 Å². The van der Waals surface area contributed by atoms with Crippen LogP contribution in [0.3, 0.4) is 0 Å². The molecule has 1 spiro atoms. The zero-order chi connectivity index (χ0) is 18.5. The van der Waals surface area contributed by atoms with Crippen LogP contribution in [0.5, 0.6) is 11.5 Å². The third-order valence-electron chi connectivity index (χ3n) is 6.11. The third-order valence-corrected chi connectivity index (χ3v) is 6.11. The average Bonchev–Trinajstić information content (AvgIpc) is 2.89. The van der Waals surface area contributed by atoms with E-state index in [-0.39, 0.29) is 17.7 Å². The fraction of sp³-hybridized carbons (Fsp3) is 0.556. The van der Waals surface area contributed by atoms with Crippen molar-refractivity contribution in [1.82, 2.24) is 4.90 Å². The molecule has 0 saturated carbocycles. The molecule has 1 saturated heterocycles. The van der Waals surface area contributed by atoms with Gasteiger partial charge in [-0.15, -0.1) is 0 Å². The van der Waals surface area contributed by atoms with Crippen molar-refractivity contribution in [3.63, 3.8) is 0 Å². The molecule has 1 aromatic rings. The summed E-state index contributed by atoms with van der Waals surface area (Å²) in [5.41, 5.74) is 1.52. The van der Waals surface area contributed by atoms with Crippen LogP contribution in [-0.4, -0.2) is 48.9 Å². The van der Waals surface area contributed by atoms with E-state index in [4.69, 9.17) is 15.0 Å². The zero-order valence-electron chi connectivity index (χ0n) is 16.4. The van der Waals surface area contributed by atoms with Gasteiger partial charge in [0.05, 0.1) is 12.5 Å². The number of methoxy groups -OCH3 is 1. The van der Waals surface area contributed by atoms with E-state index in [1.54, 1.807) is 6.07 Å². The van der Waals surface area contributed by atoms with Crippen molar-refractivity contribution in [2.24, 2.45) is 5.92 Å². The molecule has 1 N–H and O–H groups in total. The van der Waals surface area contributed by atoms with Gasteiger partial charge in [-0.25, -0.2) is 0 Å². The Kier molecular flexibility index (Phi) is 1.77. The minimum atomic E-state index is -2.58. The maximum absolute atomic E-state index is 10.7. The number of likely N-dealkylation sites (N-methyl/N-ethyl adjacent to an activating group) is 1. The van der Waals surface area contributed by atoms with E-state index < -0.39 is 24.6 Å². The van der Waals surface area contributed by atoms with Gasteiger partial charge in [0.25, 0.3) is 0 Å². The lowest BCUT2D eigenvalue weighted by atomic mass is 9.53. The number of nitrogens with zero attached hydrogens (tertiary/aromatic N) is 1. The molecule has 2 bridgehead atoms. The molecule has 5 atom stereocenters. The smallest absolute Gasteiger partial charge is 0.165 e. The first-order valence-corrected chi connectivity index (χ1v) is 7.77. The molecule has 0 amide bonds. The highest BCUT2D eigenvalue weighted by Gasteiger charge is 2.64. The number of hydrogen-bond donors (Lipinski definition) is 1. The van der Waals surface area contributed by atoms with Crippen molar-refractivity contribution in [1.29, 1.82) is 0 Å². The number of ether oxygens (including phenoxy) is 2. The number of hydrogen-bond acceptors (Lipinski definition) is 4. The molecular formula is C18H21NO3. The van der Waals surface area contributed by atoms with Crippen LogP contribution in [0.15, 0.2) is 24.3 Å². The van der Waals surface area contributed by atoms with Crippen LogP contribution in [-0.2, 0) is 11.8 Å². The Hall–Kier alpha value is -1.52. The second-order valence-corrected chi connectivity index (χ2v) is 6.88. The van der Waals surface area contributed by atoms with Crippen LogP contribution < -0.4 is 9.47 Å². The van der Waals surface area contributed by atoms with Crippen LogP contribution >= 0.6 is 0 Å². The Morgan fingerprint density at radius 2 is 2.41 bits per heavy atom. The third kappa shape index (κ3) is 1.28. The van der Waals surface area contributed by atoms with Crippen LogP contribution in [0.4, 0.5) is 0 Å². The molecule has 116 valence electrons. The highest BCUT2D eigenvalue weighted by molar-refractivity contribution is 5.62. The predicted molar refractivity (Wildman–Crippen MR) is 82.5 cm³/mol. The summed E-state index contributed by atoms with van der Waals surface area (Å²) in [7, 11) is -0.478. The Morgan fingerprint density at radius 3 is 3.27 bits per heavy atom. The van der Waals surface area contributed by atoms with E-state index >= 15 is 0 Å². The summed E-state index contributed by atoms with van der Waals surface area (Å²) in [5.74, 6) is 0.680. The van der Waals surface area contributed by atoms with Crippen molar-refractivity contribution in [2.75, 3.05) is 20.6 Å². The van der Waals surface area contributed by atoms with Gasteiger partial charge in [0, 0.05) is 22.9 Å². The quantitative estimate of drug-likeness (QED) is 0.799. The summed E-state index contributed by atoms with van der Waals surface area (Å²) in [4.78, 5) is 2.33. The molecule has 2 aliphatic heterocycles. The fourth-order valence-corrected chi connectivity index (χ4v) is 5.17. The summed E-state index contributed by atoms with van der Waals surface area (Å²) in [6.07, 6.45) is 2.43. The number of benzene rings is 1. The van der Waals surface area contributed by atoms with E-state index in [9.17, 15) is 5.11 Å². The van der Waals surface area contributed by atoms with E-state index in [2.05, 4.69) is 11.9 Å². The molecule has 1 aromatic carbocycles. The lowest BCUT2D eigenvalue weighted by Gasteiger charge is -2.56. The van der Waals surface area contributed by atoms with E-state index in [0.29, 0.717) is 5.75 Å². The first-order chi connectivity index (χ1) is 12.1. The van der Waals surface area contributed by atoms with Gasteiger partial charge in [0.2, 0.25) is 0 Å². The highest BCUT2D eigenvalue weighted by Crippen LogP contribution is 2.62. The molecule has 2 unspecified atom stereocenters. The van der Waals surface area contributed by atoms with E-state index in [1.807, 2.05) is 12.1 Å². The second-order valence-electron chi connectivity index (χ2n) is 6.88. The molecule has 0 radical (unpaired) electrons. The molecule has 2 aliphatic carbocycles. The monoisotopic (exact) mass is 303 g/mol. The average molecular weight is 303 g/mol. The molecule has 4 aliphatic rings. The molecule has 4 nitrogen and oxygen atoms in total. The first-order valence-electron chi connectivity index (χ1n) is 9.77. The molecular weight excluding hydrogens is 278 g/mol. The minimum Gasteiger partial charge on any atom is -0.493 e. The van der Waals surface area contributed by atoms with Gasteiger partial charge >= 0.3 is 0 Å². The summed E-state index contributed by atoms with van der Waals surface area (Å²) >= 11 is 0. The Bertz CT molecular complexity index is 821. The Labute approximate surface area is 135 Å². The molecule has 22 heavy (non-hydrogen) atoms. The normalized spacial score (nSPS) is 47.6. The molecule has 1 fully saturated rings. The van der Waals surface area contributed by atoms with Gasteiger partial charge in [-0.1, -0.05) is 18.2 Å². The van der Waals surface area contributed by atoms with E-state index in [1.165, 1.54) is 6.08 Å². The molecule has 2 heterocycles. The molecule has 5 rings (SSSR count). The van der Waals surface area contributed by atoms with Gasteiger partial charge < -0.3 is 19.5 Å². The number of likely N-dealkylation sites (tertiary alicyclic amines) is 1. The van der Waals surface area contributed by atoms with Crippen molar-refractivity contribution >= 4 is 0 Å². The Morgan fingerprint density at radius 1 is 1.50 bits per heavy atom. The number of aliphatic hydroxyl groups is 1. The molecule has 4 heteroatoms. The van der Waals surface area contributed by atoms with Crippen molar-refractivity contribution in [3.8, 4) is 11.5 Å². The zero-order valence-corrected chi connectivity index (χ0v) is 12.4.